The van der Waals surface area contributed by atoms with Gasteiger partial charge >= 0.3 is 5.97 Å². The highest BCUT2D eigenvalue weighted by atomic mass is 32.2. The lowest BCUT2D eigenvalue weighted by Crippen LogP contribution is -2.37. The number of likely N-dealkylation sites (N-methyl/N-ethyl adjacent to an activating group) is 1. The Labute approximate surface area is 178 Å². The molecule has 0 aromatic heterocycles. The summed E-state index contributed by atoms with van der Waals surface area (Å²) in [7, 11) is -2.06. The number of benzene rings is 2. The van der Waals surface area contributed by atoms with E-state index in [4.69, 9.17) is 4.74 Å². The smallest absolute Gasteiger partial charge is 0.338 e. The monoisotopic (exact) mass is 432 g/mol. The number of hydrogen-bond donors (Lipinski definition) is 0. The lowest BCUT2D eigenvalue weighted by molar-refractivity contribution is -0.139. The summed E-state index contributed by atoms with van der Waals surface area (Å²) in [5, 5.41) is 0. The molecule has 162 valence electrons. The van der Waals surface area contributed by atoms with Crippen molar-refractivity contribution in [3.8, 4) is 0 Å². The van der Waals surface area contributed by atoms with Crippen molar-refractivity contribution in [3.05, 3.63) is 65.7 Å². The third-order valence-corrected chi connectivity index (χ3v) is 6.73. The molecule has 2 aromatic carbocycles. The highest BCUT2D eigenvalue weighted by Crippen LogP contribution is 2.18. The van der Waals surface area contributed by atoms with Crippen LogP contribution in [0.2, 0.25) is 0 Å². The molecule has 0 saturated heterocycles. The Morgan fingerprint density at radius 1 is 1.00 bits per heavy atom. The maximum atomic E-state index is 12.7. The van der Waals surface area contributed by atoms with Gasteiger partial charge in [0.1, 0.15) is 0 Å². The molecular formula is C22H28N2O5S. The molecule has 2 aromatic rings. The van der Waals surface area contributed by atoms with Crippen molar-refractivity contribution >= 4 is 21.9 Å². The molecule has 0 radical (unpaired) electrons. The fourth-order valence-corrected chi connectivity index (χ4v) is 4.53. The lowest BCUT2D eigenvalue weighted by Gasteiger charge is -2.22. The Balaban J connectivity index is 2.09. The van der Waals surface area contributed by atoms with Crippen LogP contribution in [0.1, 0.15) is 36.7 Å². The Kier molecular flexibility index (Phi) is 8.14. The van der Waals surface area contributed by atoms with Gasteiger partial charge in [0.05, 0.1) is 10.5 Å². The van der Waals surface area contributed by atoms with Gasteiger partial charge in [-0.1, -0.05) is 50.2 Å². The number of hydrogen-bond acceptors (Lipinski definition) is 5. The van der Waals surface area contributed by atoms with Gasteiger partial charge in [-0.3, -0.25) is 4.79 Å². The number of carbonyl (C=O) groups is 2. The summed E-state index contributed by atoms with van der Waals surface area (Å²) < 4.78 is 32.0. The molecule has 1 atom stereocenters. The first-order chi connectivity index (χ1) is 14.2. The minimum atomic E-state index is -3.70. The zero-order valence-electron chi connectivity index (χ0n) is 17.7. The number of esters is 1. The molecule has 0 saturated carbocycles. The van der Waals surface area contributed by atoms with Crippen LogP contribution in [0.15, 0.2) is 59.5 Å². The van der Waals surface area contributed by atoms with Crippen molar-refractivity contribution in [1.29, 1.82) is 0 Å². The van der Waals surface area contributed by atoms with E-state index in [9.17, 15) is 18.0 Å². The van der Waals surface area contributed by atoms with E-state index in [0.29, 0.717) is 19.6 Å². The largest absolute Gasteiger partial charge is 0.449 e. The molecule has 8 heteroatoms. The first-order valence-corrected chi connectivity index (χ1v) is 11.2. The van der Waals surface area contributed by atoms with E-state index in [1.807, 2.05) is 30.3 Å². The van der Waals surface area contributed by atoms with E-state index >= 15 is 0 Å². The Hall–Kier alpha value is -2.71. The zero-order valence-corrected chi connectivity index (χ0v) is 18.6. The van der Waals surface area contributed by atoms with Crippen LogP contribution in [-0.4, -0.2) is 55.7 Å². The van der Waals surface area contributed by atoms with Crippen molar-refractivity contribution < 1.29 is 22.7 Å². The maximum absolute atomic E-state index is 12.7. The third kappa shape index (κ3) is 5.67. The SMILES string of the molecule is CCN(CC)S(=O)(=O)c1cccc(C(=O)OC(C)C(=O)N(C)Cc2ccccc2)c1. The fraction of sp³-hybridized carbons (Fsp3) is 0.364. The number of amides is 1. The topological polar surface area (TPSA) is 84.0 Å². The number of carbonyl (C=O) groups excluding carboxylic acids is 2. The van der Waals surface area contributed by atoms with E-state index in [1.165, 1.54) is 40.4 Å². The average molecular weight is 433 g/mol. The number of sulfonamides is 1. The van der Waals surface area contributed by atoms with E-state index < -0.39 is 22.1 Å². The van der Waals surface area contributed by atoms with E-state index in [0.717, 1.165) is 5.56 Å². The molecule has 0 aliphatic heterocycles. The number of ether oxygens (including phenoxy) is 1. The summed E-state index contributed by atoms with van der Waals surface area (Å²) >= 11 is 0. The first kappa shape index (κ1) is 23.6. The Morgan fingerprint density at radius 3 is 2.23 bits per heavy atom. The third-order valence-electron chi connectivity index (χ3n) is 4.68. The van der Waals surface area contributed by atoms with Crippen LogP contribution < -0.4 is 0 Å². The van der Waals surface area contributed by atoms with Gasteiger partial charge in [-0.25, -0.2) is 13.2 Å². The summed E-state index contributed by atoms with van der Waals surface area (Å²) in [6.07, 6.45) is -1.01. The van der Waals surface area contributed by atoms with Crippen molar-refractivity contribution in [2.24, 2.45) is 0 Å². The molecule has 7 nitrogen and oxygen atoms in total. The molecule has 0 heterocycles. The van der Waals surface area contributed by atoms with Crippen molar-refractivity contribution in [1.82, 2.24) is 9.21 Å². The summed E-state index contributed by atoms with van der Waals surface area (Å²) in [4.78, 5) is 26.6. The van der Waals surface area contributed by atoms with Crippen LogP contribution in [0.5, 0.6) is 0 Å². The molecule has 0 aliphatic rings. The second-order valence-corrected chi connectivity index (χ2v) is 8.78. The van der Waals surface area contributed by atoms with Gasteiger partial charge in [-0.2, -0.15) is 4.31 Å². The molecular weight excluding hydrogens is 404 g/mol. The first-order valence-electron chi connectivity index (χ1n) is 9.80. The van der Waals surface area contributed by atoms with Gasteiger partial charge in [0.2, 0.25) is 10.0 Å². The highest BCUT2D eigenvalue weighted by Gasteiger charge is 2.25. The molecule has 1 amide bonds. The summed E-state index contributed by atoms with van der Waals surface area (Å²) in [6.45, 7) is 6.04. The lowest BCUT2D eigenvalue weighted by atomic mass is 10.2. The van der Waals surface area contributed by atoms with Gasteiger partial charge in [-0.05, 0) is 30.7 Å². The summed E-state index contributed by atoms with van der Waals surface area (Å²) in [5.74, 6) is -1.10. The predicted molar refractivity (Wildman–Crippen MR) is 114 cm³/mol. The molecule has 0 N–H and O–H groups in total. The Bertz CT molecular complexity index is 972. The van der Waals surface area contributed by atoms with Crippen LogP contribution in [0.4, 0.5) is 0 Å². The molecule has 0 spiro atoms. The average Bonchev–Trinajstić information content (AvgIpc) is 2.74. The second-order valence-electron chi connectivity index (χ2n) is 6.84. The predicted octanol–water partition coefficient (Wildman–Crippen LogP) is 2.92. The molecule has 30 heavy (non-hydrogen) atoms. The molecule has 1 unspecified atom stereocenters. The van der Waals surface area contributed by atoms with Gasteiger partial charge in [0, 0.05) is 26.7 Å². The van der Waals surface area contributed by atoms with Gasteiger partial charge in [0.25, 0.3) is 5.91 Å². The van der Waals surface area contributed by atoms with Crippen LogP contribution in [0.25, 0.3) is 0 Å². The quantitative estimate of drug-likeness (QED) is 0.569. The zero-order chi connectivity index (χ0) is 22.3. The Morgan fingerprint density at radius 2 is 1.63 bits per heavy atom. The van der Waals surface area contributed by atoms with Gasteiger partial charge in [-0.15, -0.1) is 0 Å². The standard InChI is InChI=1S/C22H28N2O5S/c1-5-24(6-2)30(27,28)20-14-10-13-19(15-20)22(26)29-17(3)21(25)23(4)16-18-11-8-7-9-12-18/h7-15,17H,5-6,16H2,1-4H3. The second kappa shape index (κ2) is 10.4. The molecule has 2 rings (SSSR count). The number of nitrogens with zero attached hydrogens (tertiary/aromatic N) is 2. The van der Waals surface area contributed by atoms with Gasteiger partial charge in [0.15, 0.2) is 6.10 Å². The van der Waals surface area contributed by atoms with Crippen molar-refractivity contribution in [2.45, 2.75) is 38.3 Å². The van der Waals surface area contributed by atoms with Crippen LogP contribution in [0.3, 0.4) is 0 Å². The van der Waals surface area contributed by atoms with E-state index in [-0.39, 0.29) is 16.4 Å². The minimum Gasteiger partial charge on any atom is -0.449 e. The summed E-state index contributed by atoms with van der Waals surface area (Å²) in [5.41, 5.74) is 1.04. The van der Waals surface area contributed by atoms with Crippen LogP contribution in [-0.2, 0) is 26.1 Å². The maximum Gasteiger partial charge on any atom is 0.338 e. The van der Waals surface area contributed by atoms with Crippen LogP contribution >= 0.6 is 0 Å². The van der Waals surface area contributed by atoms with Gasteiger partial charge < -0.3 is 9.64 Å². The summed E-state index contributed by atoms with van der Waals surface area (Å²) in [6, 6.07) is 15.1. The highest BCUT2D eigenvalue weighted by molar-refractivity contribution is 7.89. The van der Waals surface area contributed by atoms with Crippen molar-refractivity contribution in [2.75, 3.05) is 20.1 Å². The molecule has 0 bridgehead atoms. The molecule has 0 fully saturated rings. The fourth-order valence-electron chi connectivity index (χ4n) is 3.02. The minimum absolute atomic E-state index is 0.0147. The normalized spacial score (nSPS) is 12.4. The van der Waals surface area contributed by atoms with E-state index in [1.54, 1.807) is 20.9 Å². The van der Waals surface area contributed by atoms with E-state index in [2.05, 4.69) is 0 Å². The number of rotatable bonds is 9. The van der Waals surface area contributed by atoms with Crippen LogP contribution in [0, 0.1) is 0 Å². The van der Waals surface area contributed by atoms with Crippen molar-refractivity contribution in [3.63, 3.8) is 0 Å². The molecule has 0 aliphatic carbocycles.